The number of rotatable bonds is 6. The van der Waals surface area contributed by atoms with Crippen molar-refractivity contribution in [2.75, 3.05) is 31.1 Å². The Morgan fingerprint density at radius 1 is 1.00 bits per heavy atom. The van der Waals surface area contributed by atoms with Crippen molar-refractivity contribution >= 4 is 33.2 Å². The van der Waals surface area contributed by atoms with Gasteiger partial charge in [0.25, 0.3) is 5.91 Å². The lowest BCUT2D eigenvalue weighted by atomic mass is 10.2. The van der Waals surface area contributed by atoms with E-state index in [4.69, 9.17) is 16.0 Å². The zero-order valence-corrected chi connectivity index (χ0v) is 18.3. The summed E-state index contributed by atoms with van der Waals surface area (Å²) in [5.41, 5.74) is 1.18. The van der Waals surface area contributed by atoms with Gasteiger partial charge in [-0.25, -0.2) is 8.42 Å². The van der Waals surface area contributed by atoms with Crippen molar-refractivity contribution in [1.82, 2.24) is 9.62 Å². The Kier molecular flexibility index (Phi) is 6.31. The number of para-hydroxylation sites is 1. The number of benzene rings is 2. The molecule has 7 nitrogen and oxygen atoms in total. The van der Waals surface area contributed by atoms with Crippen molar-refractivity contribution in [2.24, 2.45) is 0 Å². The van der Waals surface area contributed by atoms with E-state index in [2.05, 4.69) is 10.2 Å². The van der Waals surface area contributed by atoms with Crippen LogP contribution in [0.25, 0.3) is 0 Å². The van der Waals surface area contributed by atoms with Crippen LogP contribution in [0.5, 0.6) is 0 Å². The van der Waals surface area contributed by atoms with Gasteiger partial charge in [-0.1, -0.05) is 29.8 Å². The van der Waals surface area contributed by atoms with E-state index in [0.29, 0.717) is 31.9 Å². The second-order valence-corrected chi connectivity index (χ2v) is 9.48. The van der Waals surface area contributed by atoms with Gasteiger partial charge in [0, 0.05) is 31.9 Å². The number of hydrogen-bond acceptors (Lipinski definition) is 5. The fourth-order valence-corrected chi connectivity index (χ4v) is 5.14. The third-order valence-electron chi connectivity index (χ3n) is 5.18. The fourth-order valence-electron chi connectivity index (χ4n) is 3.49. The van der Waals surface area contributed by atoms with Gasteiger partial charge in [-0.15, -0.1) is 0 Å². The van der Waals surface area contributed by atoms with Crippen LogP contribution in [0.3, 0.4) is 0 Å². The molecule has 2 aromatic carbocycles. The standard InChI is InChI=1S/C22H22ClN3O4S/c23-21-9-8-19(15-20(21)22(27)24-16-18-7-4-14-30-18)31(28,29)26-12-10-25(11-13-26)17-5-2-1-3-6-17/h1-9,14-15H,10-13,16H2,(H,24,27). The predicted octanol–water partition coefficient (Wildman–Crippen LogP) is 3.37. The van der Waals surface area contributed by atoms with Crippen LogP contribution in [0.15, 0.2) is 76.2 Å². The molecule has 31 heavy (non-hydrogen) atoms. The molecule has 3 aromatic rings. The number of nitrogens with zero attached hydrogens (tertiary/aromatic N) is 2. The quantitative estimate of drug-likeness (QED) is 0.611. The van der Waals surface area contributed by atoms with Gasteiger partial charge in [0.1, 0.15) is 5.76 Å². The highest BCUT2D eigenvalue weighted by atomic mass is 35.5. The highest BCUT2D eigenvalue weighted by Crippen LogP contribution is 2.25. The minimum atomic E-state index is -3.75. The molecule has 162 valence electrons. The van der Waals surface area contributed by atoms with Gasteiger partial charge in [0.05, 0.1) is 28.3 Å². The van der Waals surface area contributed by atoms with Gasteiger partial charge in [-0.3, -0.25) is 4.79 Å². The first-order chi connectivity index (χ1) is 14.9. The number of amides is 1. The van der Waals surface area contributed by atoms with Crippen molar-refractivity contribution in [1.29, 1.82) is 0 Å². The van der Waals surface area contributed by atoms with E-state index in [9.17, 15) is 13.2 Å². The van der Waals surface area contributed by atoms with E-state index in [0.717, 1.165) is 5.69 Å². The SMILES string of the molecule is O=C(NCc1ccco1)c1cc(S(=O)(=O)N2CCN(c3ccccc3)CC2)ccc1Cl. The normalized spacial score (nSPS) is 15.1. The number of sulfonamides is 1. The third kappa shape index (κ3) is 4.76. The molecule has 0 atom stereocenters. The minimum Gasteiger partial charge on any atom is -0.467 e. The number of anilines is 1. The topological polar surface area (TPSA) is 82.9 Å². The monoisotopic (exact) mass is 459 g/mol. The molecule has 0 bridgehead atoms. The molecule has 1 aromatic heterocycles. The predicted molar refractivity (Wildman–Crippen MR) is 119 cm³/mol. The zero-order valence-electron chi connectivity index (χ0n) is 16.7. The van der Waals surface area contributed by atoms with Gasteiger partial charge in [-0.2, -0.15) is 4.31 Å². The average Bonchev–Trinajstić information content (AvgIpc) is 3.32. The summed E-state index contributed by atoms with van der Waals surface area (Å²) in [6.45, 7) is 2.08. The molecule has 0 radical (unpaired) electrons. The molecule has 1 amide bonds. The molecule has 1 fully saturated rings. The highest BCUT2D eigenvalue weighted by molar-refractivity contribution is 7.89. The zero-order chi connectivity index (χ0) is 21.8. The van der Waals surface area contributed by atoms with Gasteiger partial charge in [0.2, 0.25) is 10.0 Å². The maximum absolute atomic E-state index is 13.2. The van der Waals surface area contributed by atoms with Crippen molar-refractivity contribution < 1.29 is 17.6 Å². The van der Waals surface area contributed by atoms with Crippen LogP contribution in [-0.2, 0) is 16.6 Å². The van der Waals surface area contributed by atoms with Crippen LogP contribution >= 0.6 is 11.6 Å². The van der Waals surface area contributed by atoms with E-state index in [-0.39, 0.29) is 22.0 Å². The van der Waals surface area contributed by atoms with Crippen LogP contribution in [0.4, 0.5) is 5.69 Å². The molecule has 0 spiro atoms. The first kappa shape index (κ1) is 21.4. The summed E-state index contributed by atoms with van der Waals surface area (Å²) in [5.74, 6) is 0.122. The second-order valence-electron chi connectivity index (χ2n) is 7.13. The number of furan rings is 1. The number of carbonyl (C=O) groups excluding carboxylic acids is 1. The van der Waals surface area contributed by atoms with Crippen LogP contribution < -0.4 is 10.2 Å². The summed E-state index contributed by atoms with van der Waals surface area (Å²) >= 11 is 6.18. The van der Waals surface area contributed by atoms with Crippen LogP contribution in [0.2, 0.25) is 5.02 Å². The summed E-state index contributed by atoms with van der Waals surface area (Å²) < 4.78 is 33.0. The van der Waals surface area contributed by atoms with Crippen molar-refractivity contribution in [3.05, 3.63) is 83.3 Å². The van der Waals surface area contributed by atoms with Gasteiger partial charge >= 0.3 is 0 Å². The number of halogens is 1. The van der Waals surface area contributed by atoms with E-state index < -0.39 is 15.9 Å². The summed E-state index contributed by atoms with van der Waals surface area (Å²) in [6, 6.07) is 17.6. The molecule has 1 saturated heterocycles. The molecular formula is C22H22ClN3O4S. The van der Waals surface area contributed by atoms with Crippen molar-refractivity contribution in [3.63, 3.8) is 0 Å². The fraction of sp³-hybridized carbons (Fsp3) is 0.227. The second kappa shape index (κ2) is 9.13. The Balaban J connectivity index is 1.47. The van der Waals surface area contributed by atoms with Gasteiger partial charge in [-0.05, 0) is 42.5 Å². The van der Waals surface area contributed by atoms with Crippen molar-refractivity contribution in [2.45, 2.75) is 11.4 Å². The number of carbonyl (C=O) groups is 1. The molecule has 0 unspecified atom stereocenters. The largest absolute Gasteiger partial charge is 0.467 e. The summed E-state index contributed by atoms with van der Waals surface area (Å²) in [6.07, 6.45) is 1.51. The van der Waals surface area contributed by atoms with E-state index >= 15 is 0 Å². The molecule has 1 aliphatic heterocycles. The molecule has 0 aliphatic carbocycles. The lowest BCUT2D eigenvalue weighted by Gasteiger charge is -2.35. The summed E-state index contributed by atoms with van der Waals surface area (Å²) in [7, 11) is -3.75. The van der Waals surface area contributed by atoms with Crippen molar-refractivity contribution in [3.8, 4) is 0 Å². The lowest BCUT2D eigenvalue weighted by molar-refractivity contribution is 0.0948. The molecular weight excluding hydrogens is 438 g/mol. The molecule has 0 saturated carbocycles. The summed E-state index contributed by atoms with van der Waals surface area (Å²) in [4.78, 5) is 14.8. The smallest absolute Gasteiger partial charge is 0.253 e. The molecule has 1 aliphatic rings. The maximum atomic E-state index is 13.2. The van der Waals surface area contributed by atoms with Gasteiger partial charge in [0.15, 0.2) is 0 Å². The Hall–Kier alpha value is -2.81. The van der Waals surface area contributed by atoms with Gasteiger partial charge < -0.3 is 14.6 Å². The number of piperazine rings is 1. The average molecular weight is 460 g/mol. The Morgan fingerprint density at radius 2 is 1.74 bits per heavy atom. The first-order valence-electron chi connectivity index (χ1n) is 9.85. The molecule has 9 heteroatoms. The number of nitrogens with one attached hydrogen (secondary N) is 1. The van der Waals surface area contributed by atoms with Crippen LogP contribution in [0, 0.1) is 0 Å². The highest BCUT2D eigenvalue weighted by Gasteiger charge is 2.29. The molecule has 2 heterocycles. The third-order valence-corrected chi connectivity index (χ3v) is 7.41. The first-order valence-corrected chi connectivity index (χ1v) is 11.7. The van der Waals surface area contributed by atoms with E-state index in [1.807, 2.05) is 30.3 Å². The lowest BCUT2D eigenvalue weighted by Crippen LogP contribution is -2.48. The molecule has 4 rings (SSSR count). The molecule has 1 N–H and O–H groups in total. The van der Waals surface area contributed by atoms with Crippen LogP contribution in [-0.4, -0.2) is 44.8 Å². The Morgan fingerprint density at radius 3 is 2.42 bits per heavy atom. The number of hydrogen-bond donors (Lipinski definition) is 1. The Bertz CT molecular complexity index is 1140. The van der Waals surface area contributed by atoms with Crippen LogP contribution in [0.1, 0.15) is 16.1 Å². The Labute approximate surface area is 186 Å². The van der Waals surface area contributed by atoms with E-state index in [1.165, 1.54) is 28.8 Å². The maximum Gasteiger partial charge on any atom is 0.253 e. The summed E-state index contributed by atoms with van der Waals surface area (Å²) in [5, 5.41) is 2.88. The minimum absolute atomic E-state index is 0.0493. The van der Waals surface area contributed by atoms with E-state index in [1.54, 1.807) is 12.1 Å².